The third-order valence-electron chi connectivity index (χ3n) is 8.45. The van der Waals surface area contributed by atoms with Gasteiger partial charge in [-0.3, -0.25) is 18.6 Å². The van der Waals surface area contributed by atoms with Gasteiger partial charge in [-0.05, 0) is 38.5 Å². The fraction of sp³-hybridized carbons (Fsp3) is 0.846. The van der Waals surface area contributed by atoms with E-state index in [9.17, 15) is 19.0 Å². The van der Waals surface area contributed by atoms with Gasteiger partial charge in [0.1, 0.15) is 6.61 Å². The van der Waals surface area contributed by atoms with E-state index in [0.717, 1.165) is 71.3 Å². The molecule has 0 heterocycles. The van der Waals surface area contributed by atoms with Crippen LogP contribution >= 0.6 is 7.82 Å². The van der Waals surface area contributed by atoms with Gasteiger partial charge in [0.05, 0.1) is 6.61 Å². The molecule has 0 aromatic rings. The Morgan fingerprint density at radius 2 is 1.02 bits per heavy atom. The fourth-order valence-electron chi connectivity index (χ4n) is 5.38. The first-order valence-corrected chi connectivity index (χ1v) is 21.0. The van der Waals surface area contributed by atoms with Crippen molar-refractivity contribution in [3.8, 4) is 0 Å². The van der Waals surface area contributed by atoms with Crippen molar-refractivity contribution in [3.05, 3.63) is 24.3 Å². The molecule has 0 aliphatic heterocycles. The van der Waals surface area contributed by atoms with Gasteiger partial charge in [0.2, 0.25) is 0 Å². The molecule has 0 rings (SSSR count). The first-order valence-electron chi connectivity index (χ1n) is 19.5. The molecule has 0 aliphatic rings. The van der Waals surface area contributed by atoms with Crippen LogP contribution in [0.3, 0.4) is 0 Å². The number of allylic oxidation sites excluding steroid dienone is 4. The van der Waals surface area contributed by atoms with Gasteiger partial charge in [-0.15, -0.1) is 0 Å². The lowest BCUT2D eigenvalue weighted by Gasteiger charge is -2.19. The zero-order valence-electron chi connectivity index (χ0n) is 31.1. The highest BCUT2D eigenvalue weighted by molar-refractivity contribution is 7.47. The number of hydrogen-bond acceptors (Lipinski definition) is 7. The number of unbranched alkanes of at least 4 members (excludes halogenated alkanes) is 21. The summed E-state index contributed by atoms with van der Waals surface area (Å²) in [7, 11) is -3.20. The number of rotatable bonds is 36. The van der Waals surface area contributed by atoms with Crippen molar-refractivity contribution < 1.29 is 37.6 Å². The Bertz CT molecular complexity index is 844. The van der Waals surface area contributed by atoms with E-state index in [-0.39, 0.29) is 19.0 Å². The minimum absolute atomic E-state index is 0.227. The molecule has 282 valence electrons. The maximum atomic E-state index is 12.4. The molecular weight excluding hydrogens is 627 g/mol. The van der Waals surface area contributed by atoms with Crippen LogP contribution in [0.1, 0.15) is 187 Å². The number of carbonyl (C=O) groups excluding carboxylic acids is 2. The SMILES string of the molecule is CCCC/C=C\C/C=C\CCCCCCCC(=O)OC(COC(=O)CCCCCCCCCCCCCCCCC)COP(=O)(O)OC. The van der Waals surface area contributed by atoms with Crippen molar-refractivity contribution in [1.82, 2.24) is 0 Å². The summed E-state index contributed by atoms with van der Waals surface area (Å²) in [5.41, 5.74) is 0. The molecule has 0 amide bonds. The zero-order valence-corrected chi connectivity index (χ0v) is 32.0. The molecule has 0 aromatic heterocycles. The van der Waals surface area contributed by atoms with Crippen LogP contribution in [-0.2, 0) is 32.7 Å². The van der Waals surface area contributed by atoms with E-state index >= 15 is 0 Å². The molecule has 0 aromatic carbocycles. The third kappa shape index (κ3) is 34.4. The van der Waals surface area contributed by atoms with Gasteiger partial charge in [0, 0.05) is 20.0 Å². The van der Waals surface area contributed by atoms with Crippen LogP contribution in [0.25, 0.3) is 0 Å². The topological polar surface area (TPSA) is 108 Å². The number of esters is 2. The summed E-state index contributed by atoms with van der Waals surface area (Å²) >= 11 is 0. The van der Waals surface area contributed by atoms with Crippen molar-refractivity contribution in [3.63, 3.8) is 0 Å². The standard InChI is InChI=1S/C39H73O8P/c1-4-6-8-10-12-14-16-18-20-22-23-25-27-29-31-33-38(40)45-35-37(36-46-48(42,43)44-3)47-39(41)34-32-30-28-26-24-21-19-17-15-13-11-9-7-5-2/h11,13,17,19,37H,4-10,12,14-16,18,20-36H2,1-3H3,(H,42,43)/b13-11-,19-17-. The summed E-state index contributed by atoms with van der Waals surface area (Å²) in [6.45, 7) is 3.84. The molecule has 2 unspecified atom stereocenters. The quantitative estimate of drug-likeness (QED) is 0.0298. The molecule has 0 bridgehead atoms. The van der Waals surface area contributed by atoms with Crippen LogP contribution in [0.4, 0.5) is 0 Å². The highest BCUT2D eigenvalue weighted by Crippen LogP contribution is 2.42. The van der Waals surface area contributed by atoms with Gasteiger partial charge in [0.25, 0.3) is 0 Å². The number of ether oxygens (including phenoxy) is 2. The lowest BCUT2D eigenvalue weighted by Crippen LogP contribution is -2.29. The normalized spacial score (nSPS) is 13.7. The minimum atomic E-state index is -4.26. The van der Waals surface area contributed by atoms with E-state index in [1.165, 1.54) is 89.9 Å². The molecule has 8 nitrogen and oxygen atoms in total. The highest BCUT2D eigenvalue weighted by Gasteiger charge is 2.24. The van der Waals surface area contributed by atoms with Crippen LogP contribution < -0.4 is 0 Å². The Labute approximate surface area is 294 Å². The summed E-state index contributed by atoms with van der Waals surface area (Å²) in [6.07, 6.45) is 37.9. The van der Waals surface area contributed by atoms with Gasteiger partial charge in [-0.2, -0.15) is 0 Å². The second kappa shape index (κ2) is 35.4. The van der Waals surface area contributed by atoms with Crippen molar-refractivity contribution in [2.75, 3.05) is 20.3 Å². The van der Waals surface area contributed by atoms with Gasteiger partial charge in [-0.25, -0.2) is 4.57 Å². The predicted octanol–water partition coefficient (Wildman–Crippen LogP) is 11.9. The van der Waals surface area contributed by atoms with Crippen LogP contribution in [0.2, 0.25) is 0 Å². The van der Waals surface area contributed by atoms with Gasteiger partial charge >= 0.3 is 19.8 Å². The predicted molar refractivity (Wildman–Crippen MR) is 198 cm³/mol. The molecule has 0 saturated carbocycles. The number of carbonyl (C=O) groups is 2. The second-order valence-corrected chi connectivity index (χ2v) is 14.6. The summed E-state index contributed by atoms with van der Waals surface area (Å²) < 4.78 is 31.9. The lowest BCUT2D eigenvalue weighted by molar-refractivity contribution is -0.161. The Balaban J connectivity index is 4.05. The van der Waals surface area contributed by atoms with Crippen molar-refractivity contribution in [1.29, 1.82) is 0 Å². The van der Waals surface area contributed by atoms with E-state index in [0.29, 0.717) is 12.8 Å². The average Bonchev–Trinajstić information content (AvgIpc) is 3.07. The van der Waals surface area contributed by atoms with Gasteiger partial charge in [0.15, 0.2) is 6.10 Å². The van der Waals surface area contributed by atoms with Gasteiger partial charge in [-0.1, -0.05) is 160 Å². The first kappa shape index (κ1) is 46.5. The van der Waals surface area contributed by atoms with Crippen molar-refractivity contribution in [2.24, 2.45) is 0 Å². The maximum absolute atomic E-state index is 12.4. The Morgan fingerprint density at radius 3 is 1.52 bits per heavy atom. The van der Waals surface area contributed by atoms with E-state index in [2.05, 4.69) is 42.7 Å². The monoisotopic (exact) mass is 701 g/mol. The molecule has 48 heavy (non-hydrogen) atoms. The van der Waals surface area contributed by atoms with E-state index in [1.807, 2.05) is 0 Å². The fourth-order valence-corrected chi connectivity index (χ4v) is 5.84. The van der Waals surface area contributed by atoms with Gasteiger partial charge < -0.3 is 14.4 Å². The molecule has 1 N–H and O–H groups in total. The van der Waals surface area contributed by atoms with Crippen LogP contribution in [0.5, 0.6) is 0 Å². The number of phosphoric acid groups is 1. The highest BCUT2D eigenvalue weighted by atomic mass is 31.2. The molecule has 2 atom stereocenters. The smallest absolute Gasteiger partial charge is 0.462 e. The van der Waals surface area contributed by atoms with Crippen LogP contribution in [0.15, 0.2) is 24.3 Å². The second-order valence-electron chi connectivity index (χ2n) is 13.1. The molecule has 0 aliphatic carbocycles. The summed E-state index contributed by atoms with van der Waals surface area (Å²) in [4.78, 5) is 34.3. The zero-order chi connectivity index (χ0) is 35.4. The summed E-state index contributed by atoms with van der Waals surface area (Å²) in [6, 6.07) is 0. The van der Waals surface area contributed by atoms with Crippen molar-refractivity contribution >= 4 is 19.8 Å². The average molecular weight is 701 g/mol. The van der Waals surface area contributed by atoms with Crippen LogP contribution in [0, 0.1) is 0 Å². The summed E-state index contributed by atoms with van der Waals surface area (Å²) in [5, 5.41) is 0. The Hall–Kier alpha value is -1.47. The van der Waals surface area contributed by atoms with Crippen molar-refractivity contribution in [2.45, 2.75) is 193 Å². The number of phosphoric ester groups is 1. The maximum Gasteiger partial charge on any atom is 0.472 e. The Kier molecular flexibility index (Phi) is 34.3. The summed E-state index contributed by atoms with van der Waals surface area (Å²) in [5.74, 6) is -0.815. The molecule has 0 fully saturated rings. The largest absolute Gasteiger partial charge is 0.472 e. The van der Waals surface area contributed by atoms with Crippen LogP contribution in [-0.4, -0.2) is 43.3 Å². The molecule has 0 saturated heterocycles. The van der Waals surface area contributed by atoms with E-state index < -0.39 is 26.5 Å². The van der Waals surface area contributed by atoms with E-state index in [1.54, 1.807) is 0 Å². The van der Waals surface area contributed by atoms with E-state index in [4.69, 9.17) is 14.0 Å². The molecule has 0 radical (unpaired) electrons. The third-order valence-corrected chi connectivity index (χ3v) is 9.39. The first-order chi connectivity index (χ1) is 23.3. The molecule has 9 heteroatoms. The molecular formula is C39H73O8P. The minimum Gasteiger partial charge on any atom is -0.462 e. The number of hydrogen-bond donors (Lipinski definition) is 1. The Morgan fingerprint density at radius 1 is 0.583 bits per heavy atom. The lowest BCUT2D eigenvalue weighted by atomic mass is 10.0. The molecule has 0 spiro atoms.